The molecule has 0 radical (unpaired) electrons. The molecule has 520 valence electrons. The Kier molecular flexibility index (Phi) is 26.0. The molecule has 16 atom stereocenters. The molecule has 2 N–H and O–H groups in total. The van der Waals surface area contributed by atoms with Gasteiger partial charge in [0.1, 0.15) is 73.7 Å². The van der Waals surface area contributed by atoms with Gasteiger partial charge in [-0.05, 0) is 45.5 Å². The third-order valence-corrected chi connectivity index (χ3v) is 17.3. The van der Waals surface area contributed by atoms with E-state index in [1.54, 1.807) is 30.3 Å². The topological polar surface area (TPSA) is 205 Å². The molecule has 0 aliphatic carbocycles. The Bertz CT molecular complexity index is 3680. The minimum atomic E-state index is -2.00. The highest BCUT2D eigenvalue weighted by atomic mass is 35.6. The van der Waals surface area contributed by atoms with Crippen molar-refractivity contribution < 1.29 is 85.7 Å². The highest BCUT2D eigenvalue weighted by Gasteiger charge is 2.58. The number of amides is 1. The standard InChI is InChI=1S/C77H78Cl3NO18/c78-77(79,80)50-92-76(84)81-62-63(82)64-61(49-91-72(97-64)58-39-23-8-24-40-58)93-73(62)99-68-65(87-43-53-29-13-3-14-30-53)59(47-85-41-51-25-9-1-10-26-51)95-75(69(68)89-45-55-33-17-5-18-34-55)98-66-60(48-86-42-52-27-11-2-12-28-52)94-74(90-46-56-35-19-6-20-36-56)70(96-71(83)57-37-21-7-22-38-57)67(66)88-44-54-31-15-4-16-32-54/h1-40,59-70,72-75,82H,41-50H2,(H,81,84)/t59-,60-,61-,62-,63-,64-,65+,66-,67+,68+,69-,70-,72?,73+,74-,75+/m1/s1. The van der Waals surface area contributed by atoms with Gasteiger partial charge in [0.15, 0.2) is 31.3 Å². The number of aliphatic hydroxyl groups is 1. The summed E-state index contributed by atoms with van der Waals surface area (Å²) >= 11 is 18.3. The number of carbonyl (C=O) groups excluding carboxylic acids is 2. The lowest BCUT2D eigenvalue weighted by molar-refractivity contribution is -0.394. The van der Waals surface area contributed by atoms with Crippen LogP contribution in [0.15, 0.2) is 243 Å². The van der Waals surface area contributed by atoms with Crippen molar-refractivity contribution in [1.29, 1.82) is 0 Å². The molecule has 0 bridgehead atoms. The van der Waals surface area contributed by atoms with Gasteiger partial charge >= 0.3 is 12.1 Å². The molecule has 0 spiro atoms. The van der Waals surface area contributed by atoms with E-state index in [9.17, 15) is 14.7 Å². The summed E-state index contributed by atoms with van der Waals surface area (Å²) in [5.41, 5.74) is 5.84. The maximum Gasteiger partial charge on any atom is 0.407 e. The van der Waals surface area contributed by atoms with Crippen molar-refractivity contribution in [2.45, 2.75) is 142 Å². The van der Waals surface area contributed by atoms with Gasteiger partial charge in [0, 0.05) is 5.56 Å². The highest BCUT2D eigenvalue weighted by molar-refractivity contribution is 6.67. The molecule has 8 aromatic carbocycles. The molecule has 8 aromatic rings. The smallest absolute Gasteiger partial charge is 0.407 e. The van der Waals surface area contributed by atoms with E-state index in [0.717, 1.165) is 33.4 Å². The van der Waals surface area contributed by atoms with Gasteiger partial charge in [-0.2, -0.15) is 0 Å². The van der Waals surface area contributed by atoms with Gasteiger partial charge in [0.25, 0.3) is 0 Å². The van der Waals surface area contributed by atoms with E-state index in [1.165, 1.54) is 0 Å². The van der Waals surface area contributed by atoms with Crippen LogP contribution < -0.4 is 5.32 Å². The molecule has 4 aliphatic heterocycles. The van der Waals surface area contributed by atoms with Crippen LogP contribution in [0, 0.1) is 0 Å². The Labute approximate surface area is 590 Å². The van der Waals surface area contributed by atoms with Crippen molar-refractivity contribution in [3.63, 3.8) is 0 Å². The van der Waals surface area contributed by atoms with Crippen molar-refractivity contribution in [2.75, 3.05) is 26.4 Å². The molecule has 99 heavy (non-hydrogen) atoms. The van der Waals surface area contributed by atoms with Gasteiger partial charge in [-0.1, -0.05) is 265 Å². The molecule has 1 amide bonds. The summed E-state index contributed by atoms with van der Waals surface area (Å²) in [6.45, 7) is -0.724. The average Bonchev–Trinajstić information content (AvgIpc) is 0.765. The Morgan fingerprint density at radius 1 is 0.444 bits per heavy atom. The van der Waals surface area contributed by atoms with Gasteiger partial charge in [-0.3, -0.25) is 0 Å². The average molecular weight is 1410 g/mol. The summed E-state index contributed by atoms with van der Waals surface area (Å²) in [5, 5.41) is 15.6. The summed E-state index contributed by atoms with van der Waals surface area (Å²) in [6, 6.07) is 73.6. The number of benzene rings is 8. The lowest BCUT2D eigenvalue weighted by Gasteiger charge is -2.52. The van der Waals surface area contributed by atoms with E-state index in [-0.39, 0.29) is 65.0 Å². The molecular formula is C77H78Cl3NO18. The van der Waals surface area contributed by atoms with E-state index in [2.05, 4.69) is 5.32 Å². The normalized spacial score (nSPS) is 26.9. The summed E-state index contributed by atoms with van der Waals surface area (Å²) in [6.07, 6.45) is -20.1. The number of fused-ring (bicyclic) bond motifs is 1. The fraction of sp³-hybridized carbons (Fsp3) is 0.351. The number of hydrogen-bond donors (Lipinski definition) is 2. The van der Waals surface area contributed by atoms with Crippen molar-refractivity contribution in [3.8, 4) is 0 Å². The summed E-state index contributed by atoms with van der Waals surface area (Å²) in [5.74, 6) is -0.690. The molecule has 22 heteroatoms. The molecule has 4 saturated heterocycles. The molecular weight excluding hydrogens is 1330 g/mol. The Hall–Kier alpha value is -7.19. The summed E-state index contributed by atoms with van der Waals surface area (Å²) in [4.78, 5) is 28.8. The second-order valence-electron chi connectivity index (χ2n) is 24.2. The van der Waals surface area contributed by atoms with Crippen LogP contribution in [0.25, 0.3) is 0 Å². The van der Waals surface area contributed by atoms with Crippen LogP contribution in [-0.4, -0.2) is 139 Å². The minimum absolute atomic E-state index is 0.00812. The van der Waals surface area contributed by atoms with Gasteiger partial charge in [-0.25, -0.2) is 9.59 Å². The number of esters is 1. The zero-order chi connectivity index (χ0) is 68.2. The van der Waals surface area contributed by atoms with Crippen LogP contribution in [0.2, 0.25) is 0 Å². The van der Waals surface area contributed by atoms with E-state index >= 15 is 0 Å². The number of ether oxygens (including phenoxy) is 15. The van der Waals surface area contributed by atoms with Crippen LogP contribution in [-0.2, 0) is 111 Å². The number of alkyl halides is 3. The number of alkyl carbamates (subject to hydrolysis) is 1. The third-order valence-electron chi connectivity index (χ3n) is 17.0. The lowest BCUT2D eigenvalue weighted by atomic mass is 9.94. The molecule has 12 rings (SSSR count). The first-order valence-electron chi connectivity index (χ1n) is 32.8. The molecule has 1 unspecified atom stereocenters. The zero-order valence-corrected chi connectivity index (χ0v) is 56.2. The first-order valence-corrected chi connectivity index (χ1v) is 34.0. The number of nitrogens with one attached hydrogen (secondary N) is 1. The number of halogens is 3. The van der Waals surface area contributed by atoms with Gasteiger partial charge in [0.05, 0.1) is 65.0 Å². The Morgan fingerprint density at radius 2 is 0.869 bits per heavy atom. The SMILES string of the molecule is O=C(N[C@H]1[C@H](O[C@H]2[C@@H](OCc3ccccc3)[C@@H](COCc3ccccc3)O[C@@H](O[C@H]3[C@H](OCc4ccccc4)[C@@H](OC(=O)c4ccccc4)[C@H](OCc4ccccc4)O[C@@H]3COCc3ccccc3)[C@@H]2OCc2ccccc2)O[C@@H]2COC(c3ccccc3)O[C@H]2[C@@H]1O)OCC(Cl)(Cl)Cl. The zero-order valence-electron chi connectivity index (χ0n) is 53.9. The monoisotopic (exact) mass is 1410 g/mol. The Morgan fingerprint density at radius 3 is 1.37 bits per heavy atom. The number of rotatable bonds is 29. The van der Waals surface area contributed by atoms with Gasteiger partial charge in [-0.15, -0.1) is 0 Å². The predicted molar refractivity (Wildman–Crippen MR) is 364 cm³/mol. The fourth-order valence-corrected chi connectivity index (χ4v) is 12.3. The second kappa shape index (κ2) is 35.9. The molecule has 4 heterocycles. The van der Waals surface area contributed by atoms with Crippen molar-refractivity contribution >= 4 is 46.9 Å². The summed E-state index contributed by atoms with van der Waals surface area (Å²) < 4.78 is 101. The van der Waals surface area contributed by atoms with Crippen molar-refractivity contribution in [1.82, 2.24) is 5.32 Å². The third kappa shape index (κ3) is 20.3. The van der Waals surface area contributed by atoms with Crippen molar-refractivity contribution in [3.05, 3.63) is 287 Å². The van der Waals surface area contributed by atoms with E-state index < -0.39 is 121 Å². The van der Waals surface area contributed by atoms with Crippen LogP contribution >= 0.6 is 34.8 Å². The first-order chi connectivity index (χ1) is 48.4. The van der Waals surface area contributed by atoms with E-state index in [4.69, 9.17) is 106 Å². The van der Waals surface area contributed by atoms with Crippen LogP contribution in [0.5, 0.6) is 0 Å². The predicted octanol–water partition coefficient (Wildman–Crippen LogP) is 12.5. The van der Waals surface area contributed by atoms with Crippen LogP contribution in [0.1, 0.15) is 55.6 Å². The maximum atomic E-state index is 14.7. The highest BCUT2D eigenvalue weighted by Crippen LogP contribution is 2.41. The maximum absolute atomic E-state index is 14.7. The lowest BCUT2D eigenvalue weighted by Crippen LogP contribution is -2.70. The molecule has 4 fully saturated rings. The largest absolute Gasteiger partial charge is 0.450 e. The number of carbonyl (C=O) groups is 2. The first kappa shape index (κ1) is 71.6. The molecule has 0 saturated carbocycles. The van der Waals surface area contributed by atoms with Gasteiger partial charge in [0.2, 0.25) is 3.79 Å². The van der Waals surface area contributed by atoms with Crippen LogP contribution in [0.3, 0.4) is 0 Å². The number of hydrogen-bond acceptors (Lipinski definition) is 18. The van der Waals surface area contributed by atoms with Gasteiger partial charge < -0.3 is 81.5 Å². The summed E-state index contributed by atoms with van der Waals surface area (Å²) in [7, 11) is 0. The van der Waals surface area contributed by atoms with Crippen molar-refractivity contribution in [2.24, 2.45) is 0 Å². The molecule has 4 aliphatic rings. The molecule has 0 aromatic heterocycles. The van der Waals surface area contributed by atoms with E-state index in [0.29, 0.717) is 5.56 Å². The Balaban J connectivity index is 0.982. The quantitative estimate of drug-likeness (QED) is 0.0330. The van der Waals surface area contributed by atoms with Crippen LogP contribution in [0.4, 0.5) is 4.79 Å². The fourth-order valence-electron chi connectivity index (χ4n) is 12.1. The minimum Gasteiger partial charge on any atom is -0.450 e. The molecule has 19 nitrogen and oxygen atoms in total. The number of aliphatic hydroxyl groups excluding tert-OH is 1. The van der Waals surface area contributed by atoms with E-state index in [1.807, 2.05) is 212 Å². The second-order valence-corrected chi connectivity index (χ2v) is 26.7.